The minimum Gasteiger partial charge on any atom is -0.264 e. The number of benzene rings is 2. The van der Waals surface area contributed by atoms with Gasteiger partial charge in [0.1, 0.15) is 0 Å². The van der Waals surface area contributed by atoms with Gasteiger partial charge in [-0.25, -0.2) is 4.68 Å². The normalized spacial score (nSPS) is 11.7. The van der Waals surface area contributed by atoms with Crippen LogP contribution in [0.15, 0.2) is 42.5 Å². The van der Waals surface area contributed by atoms with Crippen LogP contribution in [0.25, 0.3) is 32.4 Å². The molecule has 2 aromatic carbocycles. The van der Waals surface area contributed by atoms with Gasteiger partial charge in [0.2, 0.25) is 4.96 Å². The molecule has 0 saturated heterocycles. The Morgan fingerprint density at radius 1 is 0.846 bits per heavy atom. The summed E-state index contributed by atoms with van der Waals surface area (Å²) in [5, 5.41) is 17.6. The quantitative estimate of drug-likeness (QED) is 0.475. The minimum atomic E-state index is 0.734. The fourth-order valence-electron chi connectivity index (χ4n) is 3.36. The van der Waals surface area contributed by atoms with E-state index in [9.17, 15) is 0 Å². The highest BCUT2D eigenvalue weighted by atomic mass is 32.1. The first-order valence-electron chi connectivity index (χ1n) is 8.37. The van der Waals surface area contributed by atoms with Gasteiger partial charge in [0.05, 0.1) is 21.6 Å². The van der Waals surface area contributed by atoms with E-state index in [0.29, 0.717) is 0 Å². The average molecular weight is 360 g/mol. The summed E-state index contributed by atoms with van der Waals surface area (Å²) in [6, 6.07) is 14.4. The fourth-order valence-corrected chi connectivity index (χ4v) is 4.40. The molecule has 0 bridgehead atoms. The third-order valence-electron chi connectivity index (χ3n) is 4.71. The first-order chi connectivity index (χ1) is 12.6. The number of aromatic nitrogens is 6. The van der Waals surface area contributed by atoms with Gasteiger partial charge in [-0.2, -0.15) is 0 Å². The van der Waals surface area contributed by atoms with Crippen molar-refractivity contribution in [1.29, 1.82) is 0 Å². The molecule has 0 spiro atoms. The van der Waals surface area contributed by atoms with Gasteiger partial charge in [-0.05, 0) is 44.0 Å². The van der Waals surface area contributed by atoms with Crippen LogP contribution in [0.3, 0.4) is 0 Å². The molecule has 0 atom stereocenters. The number of hydrogen-bond donors (Lipinski definition) is 0. The Morgan fingerprint density at radius 3 is 2.50 bits per heavy atom. The van der Waals surface area contributed by atoms with Crippen LogP contribution in [0.4, 0.5) is 0 Å². The highest BCUT2D eigenvalue weighted by Gasteiger charge is 2.21. The lowest BCUT2D eigenvalue weighted by Crippen LogP contribution is -2.01. The van der Waals surface area contributed by atoms with Gasteiger partial charge in [-0.15, -0.1) is 15.3 Å². The first-order valence-corrected chi connectivity index (χ1v) is 9.18. The van der Waals surface area contributed by atoms with Crippen molar-refractivity contribution in [2.75, 3.05) is 0 Å². The number of thiazole rings is 1. The van der Waals surface area contributed by atoms with Crippen molar-refractivity contribution in [1.82, 2.24) is 29.6 Å². The molecule has 0 aliphatic rings. The van der Waals surface area contributed by atoms with Crippen LogP contribution >= 0.6 is 11.3 Å². The van der Waals surface area contributed by atoms with E-state index >= 15 is 0 Å². The highest BCUT2D eigenvalue weighted by Crippen LogP contribution is 2.32. The van der Waals surface area contributed by atoms with E-state index in [0.717, 1.165) is 38.9 Å². The maximum Gasteiger partial charge on any atom is 0.217 e. The van der Waals surface area contributed by atoms with Gasteiger partial charge >= 0.3 is 0 Å². The van der Waals surface area contributed by atoms with E-state index in [1.54, 1.807) is 11.3 Å². The predicted molar refractivity (Wildman–Crippen MR) is 103 cm³/mol. The summed E-state index contributed by atoms with van der Waals surface area (Å²) in [5.74, 6) is 0.734. The SMILES string of the molecule is Cc1ccccc1-n1nnc(-c2nnc3sc4cccc(C)c4n23)c1C. The van der Waals surface area contributed by atoms with Crippen LogP contribution in [-0.4, -0.2) is 29.6 Å². The van der Waals surface area contributed by atoms with Crippen molar-refractivity contribution >= 4 is 26.5 Å². The first kappa shape index (κ1) is 15.2. The number of hydrogen-bond acceptors (Lipinski definition) is 5. The van der Waals surface area contributed by atoms with E-state index < -0.39 is 0 Å². The van der Waals surface area contributed by atoms with Crippen molar-refractivity contribution in [3.63, 3.8) is 0 Å². The number of aryl methyl sites for hydroxylation is 2. The maximum absolute atomic E-state index is 4.44. The molecule has 26 heavy (non-hydrogen) atoms. The van der Waals surface area contributed by atoms with Gasteiger partial charge in [0.25, 0.3) is 0 Å². The smallest absolute Gasteiger partial charge is 0.217 e. The summed E-state index contributed by atoms with van der Waals surface area (Å²) in [7, 11) is 0. The predicted octanol–water partition coefficient (Wildman–Crippen LogP) is 4.12. The maximum atomic E-state index is 4.44. The van der Waals surface area contributed by atoms with Gasteiger partial charge in [-0.1, -0.05) is 46.9 Å². The Hall–Kier alpha value is -3.06. The molecule has 7 heteroatoms. The molecular formula is C19H16N6S. The Kier molecular flexibility index (Phi) is 3.20. The lowest BCUT2D eigenvalue weighted by Gasteiger charge is -2.06. The van der Waals surface area contributed by atoms with Crippen molar-refractivity contribution in [3.05, 3.63) is 59.3 Å². The molecule has 0 radical (unpaired) electrons. The second-order valence-corrected chi connectivity index (χ2v) is 7.40. The summed E-state index contributed by atoms with van der Waals surface area (Å²) in [5.41, 5.74) is 6.20. The second-order valence-electron chi connectivity index (χ2n) is 6.39. The standard InChI is InChI=1S/C19H16N6S/c1-11-7-4-5-9-14(11)25-13(3)16(20-23-25)18-21-22-19-24(18)17-12(2)8-6-10-15(17)26-19/h4-10H,1-3H3. The lowest BCUT2D eigenvalue weighted by atomic mass is 10.2. The van der Waals surface area contributed by atoms with E-state index in [1.165, 1.54) is 10.3 Å². The molecule has 0 aliphatic heterocycles. The zero-order valence-electron chi connectivity index (χ0n) is 14.6. The lowest BCUT2D eigenvalue weighted by molar-refractivity contribution is 0.780. The Bertz CT molecular complexity index is 1280. The summed E-state index contributed by atoms with van der Waals surface area (Å²) >= 11 is 1.64. The summed E-state index contributed by atoms with van der Waals surface area (Å²) < 4.78 is 5.15. The zero-order chi connectivity index (χ0) is 17.8. The molecule has 0 fully saturated rings. The number of fused-ring (bicyclic) bond motifs is 3. The van der Waals surface area contributed by atoms with Crippen LogP contribution in [0.2, 0.25) is 0 Å². The third kappa shape index (κ3) is 2.04. The van der Waals surface area contributed by atoms with Crippen LogP contribution in [0.5, 0.6) is 0 Å². The van der Waals surface area contributed by atoms with Gasteiger partial charge in [0.15, 0.2) is 11.5 Å². The van der Waals surface area contributed by atoms with Crippen molar-refractivity contribution in [2.24, 2.45) is 0 Å². The van der Waals surface area contributed by atoms with E-state index in [1.807, 2.05) is 29.8 Å². The van der Waals surface area contributed by atoms with Gasteiger partial charge in [-0.3, -0.25) is 4.40 Å². The van der Waals surface area contributed by atoms with Gasteiger partial charge in [0, 0.05) is 0 Å². The molecule has 3 aromatic heterocycles. The van der Waals surface area contributed by atoms with E-state index in [-0.39, 0.29) is 0 Å². The average Bonchev–Trinajstić information content (AvgIpc) is 3.29. The van der Waals surface area contributed by atoms with Gasteiger partial charge < -0.3 is 0 Å². The number of para-hydroxylation sites is 2. The topological polar surface area (TPSA) is 60.9 Å². The molecule has 6 nitrogen and oxygen atoms in total. The summed E-state index contributed by atoms with van der Waals surface area (Å²) in [6.45, 7) is 6.20. The molecule has 5 rings (SSSR count). The van der Waals surface area contributed by atoms with Crippen LogP contribution in [-0.2, 0) is 0 Å². The summed E-state index contributed by atoms with van der Waals surface area (Å²) in [4.78, 5) is 0.870. The molecule has 0 amide bonds. The van der Waals surface area contributed by atoms with Crippen LogP contribution in [0.1, 0.15) is 16.8 Å². The summed E-state index contributed by atoms with van der Waals surface area (Å²) in [6.07, 6.45) is 0. The molecular weight excluding hydrogens is 344 g/mol. The third-order valence-corrected chi connectivity index (χ3v) is 5.71. The molecule has 0 saturated carbocycles. The Balaban J connectivity index is 1.77. The zero-order valence-corrected chi connectivity index (χ0v) is 15.4. The second kappa shape index (κ2) is 5.47. The Morgan fingerprint density at radius 2 is 1.65 bits per heavy atom. The molecule has 5 aromatic rings. The minimum absolute atomic E-state index is 0.734. The van der Waals surface area contributed by atoms with E-state index in [2.05, 4.69) is 63.0 Å². The largest absolute Gasteiger partial charge is 0.264 e. The van der Waals surface area contributed by atoms with Crippen LogP contribution in [0, 0.1) is 20.8 Å². The van der Waals surface area contributed by atoms with Crippen molar-refractivity contribution < 1.29 is 0 Å². The van der Waals surface area contributed by atoms with Crippen LogP contribution < -0.4 is 0 Å². The monoisotopic (exact) mass is 360 g/mol. The highest BCUT2D eigenvalue weighted by molar-refractivity contribution is 7.23. The molecule has 0 unspecified atom stereocenters. The fraction of sp³-hybridized carbons (Fsp3) is 0.158. The number of nitrogens with zero attached hydrogens (tertiary/aromatic N) is 6. The van der Waals surface area contributed by atoms with Crippen molar-refractivity contribution in [2.45, 2.75) is 20.8 Å². The van der Waals surface area contributed by atoms with E-state index in [4.69, 9.17) is 0 Å². The molecule has 0 N–H and O–H groups in total. The number of rotatable bonds is 2. The Labute approximate surface area is 153 Å². The molecule has 3 heterocycles. The van der Waals surface area contributed by atoms with Crippen molar-refractivity contribution in [3.8, 4) is 17.2 Å². The molecule has 0 aliphatic carbocycles. The molecule has 128 valence electrons.